The maximum absolute atomic E-state index is 11.3. The molecular formula is C26H33ClO8S. The summed E-state index contributed by atoms with van der Waals surface area (Å²) in [5.74, 6) is 0.0994. The molecule has 36 heavy (non-hydrogen) atoms. The summed E-state index contributed by atoms with van der Waals surface area (Å²) in [7, 11) is -3.67. The van der Waals surface area contributed by atoms with Crippen molar-refractivity contribution in [3.05, 3.63) is 64.7 Å². The van der Waals surface area contributed by atoms with Gasteiger partial charge < -0.3 is 23.5 Å². The van der Waals surface area contributed by atoms with E-state index >= 15 is 0 Å². The zero-order chi connectivity index (χ0) is 26.7. The monoisotopic (exact) mass is 540 g/mol. The maximum atomic E-state index is 11.3. The van der Waals surface area contributed by atoms with Crippen molar-refractivity contribution >= 4 is 27.7 Å². The molecule has 0 saturated heterocycles. The highest BCUT2D eigenvalue weighted by Gasteiger charge is 2.19. The summed E-state index contributed by atoms with van der Waals surface area (Å²) in [5.41, 5.74) is 1.68. The molecular weight excluding hydrogens is 508 g/mol. The summed E-state index contributed by atoms with van der Waals surface area (Å²) in [4.78, 5) is 11.3. The zero-order valence-corrected chi connectivity index (χ0v) is 22.4. The van der Waals surface area contributed by atoms with Crippen molar-refractivity contribution in [1.82, 2.24) is 0 Å². The molecule has 0 saturated carbocycles. The minimum absolute atomic E-state index is 0.0637. The first-order chi connectivity index (χ1) is 17.0. The summed E-state index contributed by atoms with van der Waals surface area (Å²) in [6.45, 7) is 8.77. The molecule has 198 valence electrons. The van der Waals surface area contributed by atoms with Crippen LogP contribution in [0.15, 0.2) is 48.6 Å². The van der Waals surface area contributed by atoms with E-state index in [1.165, 1.54) is 6.07 Å². The Balaban J connectivity index is 2.15. The van der Waals surface area contributed by atoms with Crippen LogP contribution in [0.4, 0.5) is 0 Å². The molecule has 2 aromatic carbocycles. The van der Waals surface area contributed by atoms with Crippen molar-refractivity contribution in [2.24, 2.45) is 0 Å². The molecule has 8 nitrogen and oxygen atoms in total. The molecule has 1 unspecified atom stereocenters. The van der Waals surface area contributed by atoms with Crippen molar-refractivity contribution in [2.45, 2.75) is 45.6 Å². The van der Waals surface area contributed by atoms with Crippen LogP contribution in [0.1, 0.15) is 50.3 Å². The lowest BCUT2D eigenvalue weighted by Crippen LogP contribution is -2.11. The highest BCUT2D eigenvalue weighted by Crippen LogP contribution is 2.34. The van der Waals surface area contributed by atoms with Gasteiger partial charge in [0.05, 0.1) is 30.6 Å². The van der Waals surface area contributed by atoms with E-state index in [0.717, 1.165) is 30.2 Å². The SMILES string of the molecule is C=C(CC(OCC)c1ccc(OCCc2ccc(OS(C)(=O)=O)c(Cl)c2)c(OCCCC)c1)C(=O)O. The number of benzene rings is 2. The molecule has 0 fully saturated rings. The molecule has 0 spiro atoms. The Kier molecular flexibility index (Phi) is 11.6. The first kappa shape index (κ1) is 29.5. The van der Waals surface area contributed by atoms with E-state index in [0.29, 0.717) is 37.7 Å². The standard InChI is InChI=1S/C26H33ClO8S/c1-5-7-13-33-25-17-20(24(32-6-2)15-18(3)26(28)29)9-11-23(25)34-14-12-19-8-10-22(21(27)16-19)35-36(4,30)31/h8-11,16-17,24H,3,5-7,12-15H2,1-2,4H3,(H,28,29). The second-order valence-electron chi connectivity index (χ2n) is 8.12. The molecule has 1 atom stereocenters. The molecule has 2 aromatic rings. The number of carboxylic acid groups (broad SMARTS) is 1. The predicted molar refractivity (Wildman–Crippen MR) is 139 cm³/mol. The molecule has 0 aliphatic heterocycles. The van der Waals surface area contributed by atoms with E-state index in [-0.39, 0.29) is 22.8 Å². The summed E-state index contributed by atoms with van der Waals surface area (Å²) in [6, 6.07) is 10.3. The van der Waals surface area contributed by atoms with Crippen LogP contribution >= 0.6 is 11.6 Å². The van der Waals surface area contributed by atoms with Gasteiger partial charge in [0.2, 0.25) is 0 Å². The molecule has 0 aliphatic carbocycles. The van der Waals surface area contributed by atoms with Crippen molar-refractivity contribution in [1.29, 1.82) is 0 Å². The lowest BCUT2D eigenvalue weighted by atomic mass is 10.0. The van der Waals surface area contributed by atoms with Crippen molar-refractivity contribution < 1.29 is 36.7 Å². The number of ether oxygens (including phenoxy) is 3. The van der Waals surface area contributed by atoms with Crippen molar-refractivity contribution in [2.75, 3.05) is 26.1 Å². The number of hydrogen-bond acceptors (Lipinski definition) is 7. The van der Waals surface area contributed by atoms with Crippen molar-refractivity contribution in [3.63, 3.8) is 0 Å². The van der Waals surface area contributed by atoms with Gasteiger partial charge in [-0.1, -0.05) is 43.7 Å². The molecule has 2 rings (SSSR count). The van der Waals surface area contributed by atoms with Crippen LogP contribution in [0.2, 0.25) is 5.02 Å². The molecule has 10 heteroatoms. The Morgan fingerprint density at radius 2 is 1.75 bits per heavy atom. The van der Waals surface area contributed by atoms with Gasteiger partial charge in [0.25, 0.3) is 0 Å². The Morgan fingerprint density at radius 1 is 1.06 bits per heavy atom. The lowest BCUT2D eigenvalue weighted by Gasteiger charge is -2.20. The average molecular weight is 541 g/mol. The molecule has 0 heterocycles. The van der Waals surface area contributed by atoms with Crippen LogP contribution in [0.3, 0.4) is 0 Å². The minimum Gasteiger partial charge on any atom is -0.490 e. The number of halogens is 1. The van der Waals surface area contributed by atoms with E-state index in [9.17, 15) is 18.3 Å². The number of hydrogen-bond donors (Lipinski definition) is 1. The number of aliphatic carboxylic acids is 1. The Hall–Kier alpha value is -2.75. The summed E-state index contributed by atoms with van der Waals surface area (Å²) < 4.78 is 45.2. The third kappa shape index (κ3) is 9.72. The average Bonchev–Trinajstić information content (AvgIpc) is 2.80. The van der Waals surface area contributed by atoms with E-state index in [4.69, 9.17) is 30.0 Å². The second-order valence-corrected chi connectivity index (χ2v) is 10.1. The van der Waals surface area contributed by atoms with E-state index in [1.54, 1.807) is 18.2 Å². The van der Waals surface area contributed by atoms with Crippen LogP contribution in [0.25, 0.3) is 0 Å². The normalized spacial score (nSPS) is 12.1. The van der Waals surface area contributed by atoms with Gasteiger partial charge >= 0.3 is 16.1 Å². The first-order valence-corrected chi connectivity index (χ1v) is 13.8. The number of carbonyl (C=O) groups is 1. The summed E-state index contributed by atoms with van der Waals surface area (Å²) >= 11 is 6.15. The van der Waals surface area contributed by atoms with Crippen LogP contribution < -0.4 is 13.7 Å². The van der Waals surface area contributed by atoms with Gasteiger partial charge in [-0.3, -0.25) is 0 Å². The maximum Gasteiger partial charge on any atom is 0.331 e. The summed E-state index contributed by atoms with van der Waals surface area (Å²) in [6.07, 6.45) is 2.98. The number of carboxylic acids is 1. The Bertz CT molecular complexity index is 1150. The van der Waals surface area contributed by atoms with Gasteiger partial charge in [-0.05, 0) is 48.7 Å². The third-order valence-electron chi connectivity index (χ3n) is 5.08. The van der Waals surface area contributed by atoms with Gasteiger partial charge in [-0.2, -0.15) is 8.42 Å². The fourth-order valence-corrected chi connectivity index (χ4v) is 4.04. The van der Waals surface area contributed by atoms with Gasteiger partial charge in [0.15, 0.2) is 17.2 Å². The third-order valence-corrected chi connectivity index (χ3v) is 5.86. The number of rotatable bonds is 16. The summed E-state index contributed by atoms with van der Waals surface area (Å²) in [5, 5.41) is 9.41. The van der Waals surface area contributed by atoms with Crippen LogP contribution in [0, 0.1) is 0 Å². The smallest absolute Gasteiger partial charge is 0.331 e. The molecule has 0 radical (unpaired) electrons. The highest BCUT2D eigenvalue weighted by atomic mass is 35.5. The molecule has 1 N–H and O–H groups in total. The zero-order valence-electron chi connectivity index (χ0n) is 20.8. The van der Waals surface area contributed by atoms with Crippen LogP contribution in [-0.4, -0.2) is 45.6 Å². The predicted octanol–water partition coefficient (Wildman–Crippen LogP) is 5.59. The fourth-order valence-electron chi connectivity index (χ4n) is 3.28. The van der Waals surface area contributed by atoms with E-state index < -0.39 is 22.2 Å². The highest BCUT2D eigenvalue weighted by molar-refractivity contribution is 7.86. The van der Waals surface area contributed by atoms with Gasteiger partial charge in [-0.25, -0.2) is 4.79 Å². The Morgan fingerprint density at radius 3 is 2.36 bits per heavy atom. The minimum atomic E-state index is -3.67. The molecule has 0 amide bonds. The first-order valence-electron chi connectivity index (χ1n) is 11.6. The van der Waals surface area contributed by atoms with Crippen LogP contribution in [-0.2, 0) is 26.1 Å². The molecule has 0 aromatic heterocycles. The van der Waals surface area contributed by atoms with Crippen molar-refractivity contribution in [3.8, 4) is 17.2 Å². The Labute approximate surface area is 217 Å². The largest absolute Gasteiger partial charge is 0.490 e. The molecule has 0 bridgehead atoms. The molecule has 0 aliphatic rings. The lowest BCUT2D eigenvalue weighted by molar-refractivity contribution is -0.133. The second kappa shape index (κ2) is 14.1. The van der Waals surface area contributed by atoms with Gasteiger partial charge in [0.1, 0.15) is 0 Å². The fraction of sp³-hybridized carbons (Fsp3) is 0.423. The van der Waals surface area contributed by atoms with Gasteiger partial charge in [0, 0.05) is 25.0 Å². The van der Waals surface area contributed by atoms with E-state index in [2.05, 4.69) is 13.5 Å². The number of unbranched alkanes of at least 4 members (excludes halogenated alkanes) is 1. The van der Waals surface area contributed by atoms with Gasteiger partial charge in [-0.15, -0.1) is 0 Å². The van der Waals surface area contributed by atoms with Crippen LogP contribution in [0.5, 0.6) is 17.2 Å². The quantitative estimate of drug-likeness (QED) is 0.167. The van der Waals surface area contributed by atoms with E-state index in [1.807, 2.05) is 19.1 Å². The topological polar surface area (TPSA) is 108 Å².